The molecule has 0 bridgehead atoms. The van der Waals surface area contributed by atoms with E-state index in [1.807, 2.05) is 30.3 Å². The number of carbonyl (C=O) groups excluding carboxylic acids is 2. The monoisotopic (exact) mass is 510 g/mol. The van der Waals surface area contributed by atoms with Crippen LogP contribution in [0.5, 0.6) is 0 Å². The Labute approximate surface area is 208 Å². The maximum absolute atomic E-state index is 14.2. The van der Waals surface area contributed by atoms with Crippen LogP contribution in [0, 0.1) is 30.2 Å². The quantitative estimate of drug-likeness (QED) is 0.270. The van der Waals surface area contributed by atoms with Crippen LogP contribution in [0.4, 0.5) is 28.9 Å². The fraction of sp³-hybridized carbons (Fsp3) is 0.0370. The highest BCUT2D eigenvalue weighted by molar-refractivity contribution is 7.99. The second kappa shape index (κ2) is 10.7. The molecule has 2 N–H and O–H groups in total. The van der Waals surface area contributed by atoms with Crippen LogP contribution in [0.1, 0.15) is 26.3 Å². The van der Waals surface area contributed by atoms with Gasteiger partial charge in [0, 0.05) is 33.3 Å². The third-order valence-corrected chi connectivity index (χ3v) is 6.34. The van der Waals surface area contributed by atoms with Gasteiger partial charge in [0.25, 0.3) is 11.8 Å². The Hall–Kier alpha value is -4.11. The second-order valence-electron chi connectivity index (χ2n) is 7.72. The molecule has 0 aliphatic carbocycles. The van der Waals surface area contributed by atoms with E-state index in [2.05, 4.69) is 10.6 Å². The van der Waals surface area contributed by atoms with Gasteiger partial charge in [0.2, 0.25) is 0 Å². The van der Waals surface area contributed by atoms with Crippen molar-refractivity contribution in [3.8, 4) is 0 Å². The Morgan fingerprint density at radius 3 is 1.81 bits per heavy atom. The van der Waals surface area contributed by atoms with Crippen LogP contribution < -0.4 is 10.6 Å². The maximum Gasteiger partial charge on any atom is 0.258 e. The lowest BCUT2D eigenvalue weighted by Gasteiger charge is -2.16. The summed E-state index contributed by atoms with van der Waals surface area (Å²) in [5, 5.41) is 5.15. The number of benzene rings is 4. The lowest BCUT2D eigenvalue weighted by molar-refractivity contribution is 0.101. The van der Waals surface area contributed by atoms with Crippen molar-refractivity contribution in [2.24, 2.45) is 0 Å². The predicted octanol–water partition coefficient (Wildman–Crippen LogP) is 7.21. The third kappa shape index (κ3) is 5.75. The summed E-state index contributed by atoms with van der Waals surface area (Å²) in [6.45, 7) is 1.73. The minimum absolute atomic E-state index is 0.211. The molecule has 4 nitrogen and oxygen atoms in total. The molecule has 2 amide bonds. The van der Waals surface area contributed by atoms with E-state index in [1.165, 1.54) is 17.8 Å². The summed E-state index contributed by atoms with van der Waals surface area (Å²) in [6, 6.07) is 17.5. The number of amides is 2. The first-order valence-electron chi connectivity index (χ1n) is 10.6. The normalized spacial score (nSPS) is 10.7. The third-order valence-electron chi connectivity index (χ3n) is 5.19. The van der Waals surface area contributed by atoms with E-state index >= 15 is 0 Å². The van der Waals surface area contributed by atoms with Gasteiger partial charge in [-0.15, -0.1) is 0 Å². The topological polar surface area (TPSA) is 58.2 Å². The molecule has 0 atom stereocenters. The zero-order valence-corrected chi connectivity index (χ0v) is 19.6. The molecule has 0 aliphatic heterocycles. The SMILES string of the molecule is Cc1c(NC(=O)c2ccc(F)cc2F)cc(NC(=O)c2ccc(F)cc2F)cc1Sc1ccccc1. The smallest absolute Gasteiger partial charge is 0.258 e. The van der Waals surface area contributed by atoms with E-state index in [4.69, 9.17) is 0 Å². The molecule has 0 saturated carbocycles. The first-order valence-corrected chi connectivity index (χ1v) is 11.4. The van der Waals surface area contributed by atoms with Crippen molar-refractivity contribution in [2.45, 2.75) is 16.7 Å². The molecule has 0 heterocycles. The zero-order chi connectivity index (χ0) is 25.8. The highest BCUT2D eigenvalue weighted by Crippen LogP contribution is 2.36. The molecular formula is C27H18F4N2O2S. The van der Waals surface area contributed by atoms with Crippen LogP contribution in [-0.4, -0.2) is 11.8 Å². The van der Waals surface area contributed by atoms with Crippen LogP contribution in [0.25, 0.3) is 0 Å². The summed E-state index contributed by atoms with van der Waals surface area (Å²) in [5.41, 5.74) is 0.344. The molecule has 0 spiro atoms. The molecule has 4 aromatic rings. The number of hydrogen-bond donors (Lipinski definition) is 2. The van der Waals surface area contributed by atoms with Crippen molar-refractivity contribution in [2.75, 3.05) is 10.6 Å². The Kier molecular flexibility index (Phi) is 7.40. The molecule has 0 radical (unpaired) electrons. The largest absolute Gasteiger partial charge is 0.322 e. The van der Waals surface area contributed by atoms with Gasteiger partial charge in [-0.05, 0) is 61.0 Å². The fourth-order valence-corrected chi connectivity index (χ4v) is 4.34. The number of halogens is 4. The van der Waals surface area contributed by atoms with Crippen LogP contribution in [0.2, 0.25) is 0 Å². The van der Waals surface area contributed by atoms with E-state index in [-0.39, 0.29) is 22.5 Å². The Morgan fingerprint density at radius 2 is 1.25 bits per heavy atom. The summed E-state index contributed by atoms with van der Waals surface area (Å²) in [4.78, 5) is 26.9. The summed E-state index contributed by atoms with van der Waals surface area (Å²) >= 11 is 1.35. The number of rotatable bonds is 6. The molecule has 4 rings (SSSR count). The highest BCUT2D eigenvalue weighted by Gasteiger charge is 2.18. The van der Waals surface area contributed by atoms with Crippen molar-refractivity contribution in [1.29, 1.82) is 0 Å². The Bertz CT molecular complexity index is 1460. The molecular weight excluding hydrogens is 492 g/mol. The number of anilines is 2. The van der Waals surface area contributed by atoms with Crippen molar-refractivity contribution in [3.63, 3.8) is 0 Å². The zero-order valence-electron chi connectivity index (χ0n) is 18.7. The summed E-state index contributed by atoms with van der Waals surface area (Å²) in [6.07, 6.45) is 0. The van der Waals surface area contributed by atoms with Gasteiger partial charge in [0.05, 0.1) is 11.1 Å². The molecule has 9 heteroatoms. The van der Waals surface area contributed by atoms with E-state index in [9.17, 15) is 27.2 Å². The van der Waals surface area contributed by atoms with E-state index < -0.39 is 35.1 Å². The molecule has 0 aromatic heterocycles. The number of nitrogens with one attached hydrogen (secondary N) is 2. The van der Waals surface area contributed by atoms with Crippen LogP contribution in [0.3, 0.4) is 0 Å². The van der Waals surface area contributed by atoms with Gasteiger partial charge >= 0.3 is 0 Å². The van der Waals surface area contributed by atoms with Gasteiger partial charge < -0.3 is 10.6 Å². The van der Waals surface area contributed by atoms with Gasteiger partial charge in [0.1, 0.15) is 23.3 Å². The minimum Gasteiger partial charge on any atom is -0.322 e. The molecule has 36 heavy (non-hydrogen) atoms. The molecule has 4 aromatic carbocycles. The summed E-state index contributed by atoms with van der Waals surface area (Å²) in [5.74, 6) is -5.34. The van der Waals surface area contributed by atoms with Gasteiger partial charge in [-0.3, -0.25) is 9.59 Å². The highest BCUT2D eigenvalue weighted by atomic mass is 32.2. The molecule has 0 unspecified atom stereocenters. The van der Waals surface area contributed by atoms with Gasteiger partial charge in [-0.1, -0.05) is 30.0 Å². The van der Waals surface area contributed by atoms with Crippen molar-refractivity contribution < 1.29 is 27.2 Å². The standard InChI is InChI=1S/C27H18F4N2O2S/c1-15-24(33-27(35)21-10-8-17(29)12-23(21)31)13-18(14-25(15)36-19-5-3-2-4-6-19)32-26(34)20-9-7-16(28)11-22(20)30/h2-14H,1H3,(H,32,34)(H,33,35). The summed E-state index contributed by atoms with van der Waals surface area (Å²) in [7, 11) is 0. The average Bonchev–Trinajstić information content (AvgIpc) is 2.82. The van der Waals surface area contributed by atoms with Crippen LogP contribution >= 0.6 is 11.8 Å². The summed E-state index contributed by atoms with van der Waals surface area (Å²) < 4.78 is 54.8. The Morgan fingerprint density at radius 1 is 0.694 bits per heavy atom. The maximum atomic E-state index is 14.2. The van der Waals surface area contributed by atoms with E-state index in [0.29, 0.717) is 22.6 Å². The first-order chi connectivity index (χ1) is 17.2. The Balaban J connectivity index is 1.70. The van der Waals surface area contributed by atoms with Crippen LogP contribution in [0.15, 0.2) is 88.7 Å². The fourth-order valence-electron chi connectivity index (χ4n) is 3.35. The minimum atomic E-state index is -1.03. The lowest BCUT2D eigenvalue weighted by atomic mass is 10.1. The number of carbonyl (C=O) groups is 2. The van der Waals surface area contributed by atoms with E-state index in [0.717, 1.165) is 29.2 Å². The molecule has 0 aliphatic rings. The molecule has 0 saturated heterocycles. The first kappa shape index (κ1) is 25.0. The molecule has 182 valence electrons. The van der Waals surface area contributed by atoms with Crippen molar-refractivity contribution in [3.05, 3.63) is 119 Å². The van der Waals surface area contributed by atoms with Gasteiger partial charge in [0.15, 0.2) is 0 Å². The predicted molar refractivity (Wildman–Crippen MR) is 130 cm³/mol. The molecule has 0 fully saturated rings. The average molecular weight is 511 g/mol. The second-order valence-corrected chi connectivity index (χ2v) is 8.83. The number of hydrogen-bond acceptors (Lipinski definition) is 3. The van der Waals surface area contributed by atoms with Crippen LogP contribution in [-0.2, 0) is 0 Å². The van der Waals surface area contributed by atoms with E-state index in [1.54, 1.807) is 13.0 Å². The lowest BCUT2D eigenvalue weighted by Crippen LogP contribution is -2.17. The van der Waals surface area contributed by atoms with Gasteiger partial charge in [-0.25, -0.2) is 17.6 Å². The van der Waals surface area contributed by atoms with Crippen molar-refractivity contribution in [1.82, 2.24) is 0 Å². The van der Waals surface area contributed by atoms with Crippen molar-refractivity contribution >= 4 is 35.0 Å². The van der Waals surface area contributed by atoms with Gasteiger partial charge in [-0.2, -0.15) is 0 Å².